The average molecular weight is 354 g/mol. The van der Waals surface area contributed by atoms with Gasteiger partial charge in [0.1, 0.15) is 4.34 Å². The van der Waals surface area contributed by atoms with E-state index in [4.69, 9.17) is 17.3 Å². The normalized spacial score (nSPS) is 16.1. The van der Waals surface area contributed by atoms with E-state index in [1.54, 1.807) is 11.3 Å². The lowest BCUT2D eigenvalue weighted by molar-refractivity contribution is 0.102. The third-order valence-corrected chi connectivity index (χ3v) is 6.15. The first-order valence-electron chi connectivity index (χ1n) is 6.05. The van der Waals surface area contributed by atoms with Crippen molar-refractivity contribution in [3.63, 3.8) is 0 Å². The van der Waals surface area contributed by atoms with Gasteiger partial charge in [0, 0.05) is 21.9 Å². The van der Waals surface area contributed by atoms with E-state index in [9.17, 15) is 0 Å². The second-order valence-corrected chi connectivity index (χ2v) is 8.27. The van der Waals surface area contributed by atoms with Crippen LogP contribution in [0.25, 0.3) is 0 Å². The number of halogens is 2. The molecule has 2 unspecified atom stereocenters. The molecule has 0 bridgehead atoms. The number of hydrogen-bond donors (Lipinski definition) is 1. The van der Waals surface area contributed by atoms with Gasteiger partial charge >= 0.3 is 0 Å². The summed E-state index contributed by atoms with van der Waals surface area (Å²) in [7, 11) is 2.13. The van der Waals surface area contributed by atoms with Gasteiger partial charge in [-0.15, -0.1) is 11.3 Å². The molecule has 2 nitrogen and oxygen atoms in total. The quantitative estimate of drug-likeness (QED) is 0.861. The Hall–Kier alpha value is 0.390. The van der Waals surface area contributed by atoms with Gasteiger partial charge in [-0.25, -0.2) is 0 Å². The predicted octanol–water partition coefficient (Wildman–Crippen LogP) is 4.53. The van der Waals surface area contributed by atoms with E-state index in [-0.39, 0.29) is 11.5 Å². The van der Waals surface area contributed by atoms with E-state index >= 15 is 0 Å². The first kappa shape index (κ1) is 16.4. The van der Waals surface area contributed by atoms with E-state index in [2.05, 4.69) is 61.6 Å². The fraction of sp³-hybridized carbons (Fsp3) is 0.692. The van der Waals surface area contributed by atoms with Crippen molar-refractivity contribution in [3.05, 3.63) is 19.8 Å². The summed E-state index contributed by atoms with van der Waals surface area (Å²) in [5, 5.41) is 0. The number of nitrogens with two attached hydrogens (primary N) is 1. The van der Waals surface area contributed by atoms with Gasteiger partial charge in [0.15, 0.2) is 0 Å². The van der Waals surface area contributed by atoms with Gasteiger partial charge in [0.2, 0.25) is 0 Å². The van der Waals surface area contributed by atoms with Crippen LogP contribution in [0.5, 0.6) is 0 Å². The monoisotopic (exact) mass is 352 g/mol. The van der Waals surface area contributed by atoms with Crippen molar-refractivity contribution in [2.75, 3.05) is 13.6 Å². The van der Waals surface area contributed by atoms with Crippen LogP contribution in [0.15, 0.2) is 10.5 Å². The van der Waals surface area contributed by atoms with Crippen molar-refractivity contribution >= 4 is 38.9 Å². The molecular formula is C13H22BrClN2S. The molecule has 0 aromatic carbocycles. The average Bonchev–Trinajstić information content (AvgIpc) is 2.57. The molecule has 1 heterocycles. The molecule has 0 amide bonds. The second kappa shape index (κ2) is 6.23. The lowest BCUT2D eigenvalue weighted by atomic mass is 9.86. The van der Waals surface area contributed by atoms with Crippen LogP contribution in [0, 0.1) is 5.41 Å². The summed E-state index contributed by atoms with van der Waals surface area (Å²) in [6.07, 6.45) is 0. The second-order valence-electron chi connectivity index (χ2n) is 5.73. The minimum Gasteiger partial charge on any atom is -0.329 e. The Labute approximate surface area is 128 Å². The molecule has 104 valence electrons. The minimum absolute atomic E-state index is 0.216. The molecular weight excluding hydrogens is 332 g/mol. The Bertz CT molecular complexity index is 381. The Morgan fingerprint density at radius 1 is 1.50 bits per heavy atom. The van der Waals surface area contributed by atoms with E-state index in [0.717, 1.165) is 8.81 Å². The van der Waals surface area contributed by atoms with Crippen molar-refractivity contribution in [2.24, 2.45) is 11.1 Å². The topological polar surface area (TPSA) is 29.3 Å². The molecule has 0 spiro atoms. The maximum Gasteiger partial charge on any atom is 0.107 e. The Morgan fingerprint density at radius 2 is 2.06 bits per heavy atom. The largest absolute Gasteiger partial charge is 0.329 e. The molecule has 0 saturated heterocycles. The van der Waals surface area contributed by atoms with Gasteiger partial charge in [0.25, 0.3) is 0 Å². The zero-order valence-electron chi connectivity index (χ0n) is 11.6. The van der Waals surface area contributed by atoms with Crippen molar-refractivity contribution in [1.29, 1.82) is 0 Å². The highest BCUT2D eigenvalue weighted by Crippen LogP contribution is 2.38. The third kappa shape index (κ3) is 3.70. The van der Waals surface area contributed by atoms with Gasteiger partial charge in [-0.05, 0) is 41.4 Å². The Kier molecular flexibility index (Phi) is 5.69. The molecule has 0 aliphatic heterocycles. The van der Waals surface area contributed by atoms with Crippen molar-refractivity contribution < 1.29 is 0 Å². The Balaban J connectivity index is 2.96. The van der Waals surface area contributed by atoms with E-state index in [1.807, 2.05) is 0 Å². The van der Waals surface area contributed by atoms with Gasteiger partial charge in [0.05, 0.1) is 6.04 Å². The van der Waals surface area contributed by atoms with Crippen molar-refractivity contribution in [1.82, 2.24) is 4.90 Å². The molecule has 2 N–H and O–H groups in total. The van der Waals surface area contributed by atoms with Gasteiger partial charge in [-0.3, -0.25) is 4.90 Å². The lowest BCUT2D eigenvalue weighted by Crippen LogP contribution is -2.43. The molecule has 0 saturated carbocycles. The van der Waals surface area contributed by atoms with E-state index in [0.29, 0.717) is 12.6 Å². The summed E-state index contributed by atoms with van der Waals surface area (Å²) in [5.74, 6) is 0. The summed E-state index contributed by atoms with van der Waals surface area (Å²) in [4.78, 5) is 3.56. The van der Waals surface area contributed by atoms with Crippen molar-refractivity contribution in [3.8, 4) is 0 Å². The summed E-state index contributed by atoms with van der Waals surface area (Å²) in [6.45, 7) is 9.59. The molecule has 1 aromatic heterocycles. The molecule has 5 heteroatoms. The molecule has 2 atom stereocenters. The molecule has 1 rings (SSSR count). The van der Waals surface area contributed by atoms with Crippen LogP contribution >= 0.6 is 38.9 Å². The summed E-state index contributed by atoms with van der Waals surface area (Å²) in [6, 6.07) is 2.73. The van der Waals surface area contributed by atoms with Crippen LogP contribution < -0.4 is 5.73 Å². The maximum absolute atomic E-state index is 6.12. The summed E-state index contributed by atoms with van der Waals surface area (Å²) >= 11 is 11.2. The Morgan fingerprint density at radius 3 is 2.39 bits per heavy atom. The first-order valence-corrected chi connectivity index (χ1v) is 8.04. The summed E-state index contributed by atoms with van der Waals surface area (Å²) < 4.78 is 1.75. The number of nitrogens with zero attached hydrogens (tertiary/aromatic N) is 1. The van der Waals surface area contributed by atoms with E-state index in [1.165, 1.54) is 4.88 Å². The molecule has 0 radical (unpaired) electrons. The molecule has 0 aliphatic carbocycles. The number of hydrogen-bond acceptors (Lipinski definition) is 3. The standard InChI is InChI=1S/C13H22BrClN2S/c1-8(13(2,3)4)17(5)10(7-16)11-6-9(14)12(15)18-11/h6,8,10H,7,16H2,1-5H3. The highest BCUT2D eigenvalue weighted by Gasteiger charge is 2.29. The predicted molar refractivity (Wildman–Crippen MR) is 85.5 cm³/mol. The number of rotatable bonds is 4. The van der Waals surface area contributed by atoms with Crippen molar-refractivity contribution in [2.45, 2.75) is 39.8 Å². The van der Waals surface area contributed by atoms with E-state index < -0.39 is 0 Å². The fourth-order valence-electron chi connectivity index (χ4n) is 1.89. The molecule has 18 heavy (non-hydrogen) atoms. The zero-order chi connectivity index (χ0) is 14.1. The lowest BCUT2D eigenvalue weighted by Gasteiger charge is -2.39. The van der Waals surface area contributed by atoms with Crippen LogP contribution in [-0.2, 0) is 0 Å². The number of thiophene rings is 1. The third-order valence-electron chi connectivity index (χ3n) is 3.57. The minimum atomic E-state index is 0.216. The fourth-order valence-corrected chi connectivity index (χ4v) is 3.79. The number of likely N-dealkylation sites (N-methyl/N-ethyl adjacent to an activating group) is 1. The SMILES string of the molecule is CC(N(C)C(CN)c1cc(Br)c(Cl)s1)C(C)(C)C. The highest BCUT2D eigenvalue weighted by atomic mass is 79.9. The van der Waals surface area contributed by atoms with Gasteiger partial charge in [-0.1, -0.05) is 32.4 Å². The maximum atomic E-state index is 6.12. The molecule has 1 aromatic rings. The van der Waals surface area contributed by atoms with Gasteiger partial charge in [-0.2, -0.15) is 0 Å². The highest BCUT2D eigenvalue weighted by molar-refractivity contribution is 9.10. The van der Waals surface area contributed by atoms with Crippen LogP contribution in [0.2, 0.25) is 4.34 Å². The zero-order valence-corrected chi connectivity index (χ0v) is 14.8. The van der Waals surface area contributed by atoms with Crippen LogP contribution in [0.3, 0.4) is 0 Å². The van der Waals surface area contributed by atoms with Crippen LogP contribution in [-0.4, -0.2) is 24.5 Å². The summed E-state index contributed by atoms with van der Waals surface area (Å²) in [5.41, 5.74) is 6.18. The van der Waals surface area contributed by atoms with Crippen LogP contribution in [0.4, 0.5) is 0 Å². The first-order chi connectivity index (χ1) is 8.18. The molecule has 0 aliphatic rings. The smallest absolute Gasteiger partial charge is 0.107 e. The van der Waals surface area contributed by atoms with Gasteiger partial charge < -0.3 is 5.73 Å². The van der Waals surface area contributed by atoms with Crippen LogP contribution in [0.1, 0.15) is 38.6 Å². The molecule has 0 fully saturated rings.